The van der Waals surface area contributed by atoms with Gasteiger partial charge in [-0.1, -0.05) is 48.9 Å². The van der Waals surface area contributed by atoms with E-state index in [1.54, 1.807) is 17.0 Å². The maximum atomic E-state index is 13.3. The molecule has 0 unspecified atom stereocenters. The molecule has 4 aromatic rings. The number of aromatic nitrogens is 2. The van der Waals surface area contributed by atoms with Crippen molar-refractivity contribution in [1.29, 1.82) is 0 Å². The highest BCUT2D eigenvalue weighted by Crippen LogP contribution is 2.22. The normalized spacial score (nSPS) is 14.3. The quantitative estimate of drug-likeness (QED) is 0.437. The summed E-state index contributed by atoms with van der Waals surface area (Å²) in [4.78, 5) is 15.8. The Morgan fingerprint density at radius 1 is 0.909 bits per heavy atom. The molecule has 168 valence electrons. The van der Waals surface area contributed by atoms with E-state index in [-0.39, 0.29) is 5.91 Å². The lowest BCUT2D eigenvalue weighted by Gasteiger charge is -2.27. The van der Waals surface area contributed by atoms with E-state index in [1.165, 1.54) is 24.8 Å². The van der Waals surface area contributed by atoms with Crippen LogP contribution in [-0.4, -0.2) is 33.7 Å². The molecule has 1 N–H and O–H groups in total. The van der Waals surface area contributed by atoms with Crippen molar-refractivity contribution in [3.63, 3.8) is 0 Å². The van der Waals surface area contributed by atoms with Gasteiger partial charge in [0.2, 0.25) is 0 Å². The van der Waals surface area contributed by atoms with Gasteiger partial charge >= 0.3 is 0 Å². The molecule has 0 bridgehead atoms. The predicted molar refractivity (Wildman–Crippen MR) is 128 cm³/mol. The van der Waals surface area contributed by atoms with Crippen LogP contribution in [0.2, 0.25) is 0 Å². The fourth-order valence-corrected chi connectivity index (χ4v) is 4.36. The summed E-state index contributed by atoms with van der Waals surface area (Å²) in [5, 5.41) is 7.76. The van der Waals surface area contributed by atoms with Crippen molar-refractivity contribution in [1.82, 2.24) is 20.0 Å². The Morgan fingerprint density at radius 3 is 2.42 bits per heavy atom. The van der Waals surface area contributed by atoms with Gasteiger partial charge in [0.05, 0.1) is 12.0 Å². The fraction of sp³-hybridized carbons (Fsp3) is 0.259. The number of hydrogen-bond acceptors (Lipinski definition) is 4. The Bertz CT molecular complexity index is 1190. The van der Waals surface area contributed by atoms with Gasteiger partial charge in [0, 0.05) is 19.2 Å². The van der Waals surface area contributed by atoms with Crippen LogP contribution in [-0.2, 0) is 13.1 Å². The topological polar surface area (TPSA) is 63.3 Å². The number of benzene rings is 2. The first kappa shape index (κ1) is 21.2. The fourth-order valence-electron chi connectivity index (χ4n) is 4.36. The number of nitrogens with zero attached hydrogens (tertiary/aromatic N) is 3. The first-order chi connectivity index (χ1) is 16.3. The number of piperidine rings is 1. The van der Waals surface area contributed by atoms with Crippen LogP contribution in [0.5, 0.6) is 0 Å². The van der Waals surface area contributed by atoms with E-state index in [0.717, 1.165) is 30.9 Å². The number of hydrogen-bond donors (Lipinski definition) is 1. The van der Waals surface area contributed by atoms with E-state index in [1.807, 2.05) is 48.5 Å². The number of furan rings is 1. The van der Waals surface area contributed by atoms with Crippen LogP contribution in [0.25, 0.3) is 17.1 Å². The Labute approximate surface area is 193 Å². The van der Waals surface area contributed by atoms with Crippen molar-refractivity contribution in [2.75, 3.05) is 13.1 Å². The molecule has 2 aromatic heterocycles. The van der Waals surface area contributed by atoms with Crippen LogP contribution in [0.3, 0.4) is 0 Å². The van der Waals surface area contributed by atoms with Crippen molar-refractivity contribution >= 4 is 5.91 Å². The van der Waals surface area contributed by atoms with Gasteiger partial charge in [-0.3, -0.25) is 9.69 Å². The summed E-state index contributed by atoms with van der Waals surface area (Å²) in [6.07, 6.45) is 5.46. The van der Waals surface area contributed by atoms with Crippen molar-refractivity contribution < 1.29 is 9.21 Å². The number of amides is 1. The number of para-hydroxylation sites is 1. The van der Waals surface area contributed by atoms with Crippen molar-refractivity contribution in [3.8, 4) is 17.1 Å². The summed E-state index contributed by atoms with van der Waals surface area (Å²) in [6, 6.07) is 23.5. The first-order valence-corrected chi connectivity index (χ1v) is 11.5. The van der Waals surface area contributed by atoms with Crippen LogP contribution < -0.4 is 5.32 Å². The Morgan fingerprint density at radius 2 is 1.67 bits per heavy atom. The van der Waals surface area contributed by atoms with Gasteiger partial charge in [0.1, 0.15) is 11.4 Å². The summed E-state index contributed by atoms with van der Waals surface area (Å²) in [7, 11) is 0. The van der Waals surface area contributed by atoms with Crippen molar-refractivity contribution in [2.45, 2.75) is 32.4 Å². The largest absolute Gasteiger partial charge is 0.463 e. The molecule has 0 radical (unpaired) electrons. The van der Waals surface area contributed by atoms with E-state index < -0.39 is 0 Å². The standard InChI is InChI=1S/C27H28N4O2/c32-27(28-19-21-10-5-6-11-22(21)20-30-15-7-2-8-16-30)25-18-24(26-14-9-17-33-26)29-31(25)23-12-3-1-4-13-23/h1,3-6,9-14,17-18H,2,7-8,15-16,19-20H2,(H,28,32). The highest BCUT2D eigenvalue weighted by molar-refractivity contribution is 5.94. The Balaban J connectivity index is 1.36. The van der Waals surface area contributed by atoms with E-state index in [0.29, 0.717) is 23.7 Å². The SMILES string of the molecule is O=C(NCc1ccccc1CN1CCCCC1)c1cc(-c2ccco2)nn1-c1ccccc1. The molecular formula is C27H28N4O2. The molecule has 1 aliphatic rings. The van der Waals surface area contributed by atoms with Crippen LogP contribution in [0.15, 0.2) is 83.5 Å². The molecule has 1 saturated heterocycles. The third kappa shape index (κ3) is 4.91. The number of carbonyl (C=O) groups is 1. The van der Waals surface area contributed by atoms with Gasteiger partial charge in [-0.05, 0) is 61.3 Å². The number of likely N-dealkylation sites (tertiary alicyclic amines) is 1. The van der Waals surface area contributed by atoms with Gasteiger partial charge < -0.3 is 9.73 Å². The molecule has 6 heteroatoms. The second-order valence-corrected chi connectivity index (χ2v) is 8.43. The molecule has 3 heterocycles. The number of carbonyl (C=O) groups excluding carboxylic acids is 1. The predicted octanol–water partition coefficient (Wildman–Crippen LogP) is 5.05. The van der Waals surface area contributed by atoms with Crippen LogP contribution in [0.4, 0.5) is 0 Å². The van der Waals surface area contributed by atoms with Gasteiger partial charge in [0.25, 0.3) is 5.91 Å². The van der Waals surface area contributed by atoms with E-state index in [2.05, 4.69) is 33.5 Å². The molecule has 6 nitrogen and oxygen atoms in total. The molecule has 0 saturated carbocycles. The molecule has 5 rings (SSSR count). The highest BCUT2D eigenvalue weighted by Gasteiger charge is 2.19. The lowest BCUT2D eigenvalue weighted by Crippen LogP contribution is -2.30. The maximum absolute atomic E-state index is 13.3. The minimum absolute atomic E-state index is 0.170. The molecule has 1 amide bonds. The molecule has 0 spiro atoms. The second-order valence-electron chi connectivity index (χ2n) is 8.43. The summed E-state index contributed by atoms with van der Waals surface area (Å²) in [5.74, 6) is 0.461. The summed E-state index contributed by atoms with van der Waals surface area (Å²) >= 11 is 0. The summed E-state index contributed by atoms with van der Waals surface area (Å²) in [5.41, 5.74) is 4.34. The minimum atomic E-state index is -0.170. The molecule has 1 fully saturated rings. The first-order valence-electron chi connectivity index (χ1n) is 11.5. The zero-order valence-corrected chi connectivity index (χ0v) is 18.6. The molecule has 0 aliphatic carbocycles. The molecule has 1 aliphatic heterocycles. The Hall–Kier alpha value is -3.64. The number of nitrogens with one attached hydrogen (secondary N) is 1. The van der Waals surface area contributed by atoms with Gasteiger partial charge in [-0.25, -0.2) is 4.68 Å². The monoisotopic (exact) mass is 440 g/mol. The second kappa shape index (κ2) is 9.88. The lowest BCUT2D eigenvalue weighted by atomic mass is 10.0. The van der Waals surface area contributed by atoms with Crippen LogP contribution in [0, 0.1) is 0 Å². The number of rotatable bonds is 7. The minimum Gasteiger partial charge on any atom is -0.463 e. The van der Waals surface area contributed by atoms with Crippen molar-refractivity contribution in [3.05, 3.63) is 95.9 Å². The Kier molecular flexibility index (Phi) is 6.35. The third-order valence-electron chi connectivity index (χ3n) is 6.12. The molecule has 2 aromatic carbocycles. The van der Waals surface area contributed by atoms with Gasteiger partial charge in [0.15, 0.2) is 5.76 Å². The summed E-state index contributed by atoms with van der Waals surface area (Å²) < 4.78 is 7.18. The smallest absolute Gasteiger partial charge is 0.270 e. The van der Waals surface area contributed by atoms with Crippen LogP contribution in [0.1, 0.15) is 40.9 Å². The molecule has 0 atom stereocenters. The zero-order chi connectivity index (χ0) is 22.5. The van der Waals surface area contributed by atoms with Gasteiger partial charge in [-0.15, -0.1) is 0 Å². The van der Waals surface area contributed by atoms with E-state index in [4.69, 9.17) is 4.42 Å². The molecule has 33 heavy (non-hydrogen) atoms. The third-order valence-corrected chi connectivity index (χ3v) is 6.12. The summed E-state index contributed by atoms with van der Waals surface area (Å²) in [6.45, 7) is 3.69. The zero-order valence-electron chi connectivity index (χ0n) is 18.6. The molecular weight excluding hydrogens is 412 g/mol. The van der Waals surface area contributed by atoms with Crippen molar-refractivity contribution in [2.24, 2.45) is 0 Å². The van der Waals surface area contributed by atoms with Crippen LogP contribution >= 0.6 is 0 Å². The van der Waals surface area contributed by atoms with Gasteiger partial charge in [-0.2, -0.15) is 5.10 Å². The highest BCUT2D eigenvalue weighted by atomic mass is 16.3. The van der Waals surface area contributed by atoms with E-state index >= 15 is 0 Å². The average molecular weight is 441 g/mol. The maximum Gasteiger partial charge on any atom is 0.270 e. The van der Waals surface area contributed by atoms with E-state index in [9.17, 15) is 4.79 Å². The lowest BCUT2D eigenvalue weighted by molar-refractivity contribution is 0.0943. The average Bonchev–Trinajstić information content (AvgIpc) is 3.55.